The van der Waals surface area contributed by atoms with Gasteiger partial charge in [-0.05, 0) is 23.3 Å². The number of hydrogen-bond donors (Lipinski definition) is 2. The molecule has 0 aliphatic carbocycles. The minimum Gasteiger partial charge on any atom is -0.372 e. The van der Waals surface area contributed by atoms with Crippen LogP contribution in [-0.2, 0) is 22.7 Å². The number of piperazine rings is 1. The molecule has 1 atom stereocenters. The molecule has 2 N–H and O–H groups in total. The molecule has 1 saturated heterocycles. The smallest absolute Gasteiger partial charge is 0.254 e. The van der Waals surface area contributed by atoms with Crippen molar-refractivity contribution < 1.29 is 14.3 Å². The van der Waals surface area contributed by atoms with E-state index in [4.69, 9.17) is 4.74 Å². The first-order chi connectivity index (χ1) is 10.2. The Bertz CT molecular complexity index is 573. The number of ether oxygens (including phenoxy) is 1. The number of rotatable bonds is 2. The number of hydrogen-bond acceptors (Lipinski definition) is 4. The molecule has 1 fully saturated rings. The van der Waals surface area contributed by atoms with E-state index in [0.717, 1.165) is 11.1 Å². The highest BCUT2D eigenvalue weighted by molar-refractivity contribution is 5.98. The van der Waals surface area contributed by atoms with Gasteiger partial charge >= 0.3 is 0 Å². The molecule has 1 aromatic rings. The summed E-state index contributed by atoms with van der Waals surface area (Å²) in [6.45, 7) is 2.88. The van der Waals surface area contributed by atoms with E-state index < -0.39 is 6.04 Å². The SMILES string of the molecule is CNC(=O)C1CNCCN1C(=O)c1ccc2c(c1)COC2. The van der Waals surface area contributed by atoms with Crippen LogP contribution in [0, 0.1) is 0 Å². The Labute approximate surface area is 123 Å². The molecular formula is C15H19N3O3. The second-order valence-corrected chi connectivity index (χ2v) is 5.31. The summed E-state index contributed by atoms with van der Waals surface area (Å²) in [6, 6.07) is 5.18. The normalized spacial score (nSPS) is 21.0. The lowest BCUT2D eigenvalue weighted by Gasteiger charge is -2.35. The van der Waals surface area contributed by atoms with Gasteiger partial charge in [-0.3, -0.25) is 9.59 Å². The molecule has 2 aliphatic heterocycles. The monoisotopic (exact) mass is 289 g/mol. The van der Waals surface area contributed by atoms with Gasteiger partial charge in [0, 0.05) is 32.2 Å². The Morgan fingerprint density at radius 3 is 2.95 bits per heavy atom. The van der Waals surface area contributed by atoms with Crippen LogP contribution >= 0.6 is 0 Å². The van der Waals surface area contributed by atoms with Crippen LogP contribution in [-0.4, -0.2) is 49.4 Å². The summed E-state index contributed by atoms with van der Waals surface area (Å²) in [4.78, 5) is 26.3. The molecule has 2 amide bonds. The average molecular weight is 289 g/mol. The third-order valence-corrected chi connectivity index (χ3v) is 4.02. The van der Waals surface area contributed by atoms with Gasteiger partial charge in [0.1, 0.15) is 6.04 Å². The zero-order chi connectivity index (χ0) is 14.8. The van der Waals surface area contributed by atoms with Crippen LogP contribution < -0.4 is 10.6 Å². The summed E-state index contributed by atoms with van der Waals surface area (Å²) in [5.41, 5.74) is 2.82. The van der Waals surface area contributed by atoms with Crippen LogP contribution in [0.15, 0.2) is 18.2 Å². The van der Waals surface area contributed by atoms with Crippen molar-refractivity contribution in [2.45, 2.75) is 19.3 Å². The fraction of sp³-hybridized carbons (Fsp3) is 0.467. The van der Waals surface area contributed by atoms with E-state index in [1.165, 1.54) is 0 Å². The number of carbonyl (C=O) groups is 2. The molecule has 1 unspecified atom stereocenters. The van der Waals surface area contributed by atoms with Crippen LogP contribution in [0.2, 0.25) is 0 Å². The molecule has 0 aromatic heterocycles. The van der Waals surface area contributed by atoms with Gasteiger partial charge in [0.15, 0.2) is 0 Å². The second kappa shape index (κ2) is 5.83. The fourth-order valence-corrected chi connectivity index (χ4v) is 2.82. The lowest BCUT2D eigenvalue weighted by atomic mass is 10.0. The summed E-state index contributed by atoms with van der Waals surface area (Å²) in [7, 11) is 1.59. The maximum absolute atomic E-state index is 12.7. The average Bonchev–Trinajstić information content (AvgIpc) is 3.01. The fourth-order valence-electron chi connectivity index (χ4n) is 2.82. The van der Waals surface area contributed by atoms with Gasteiger partial charge < -0.3 is 20.3 Å². The number of nitrogens with zero attached hydrogens (tertiary/aromatic N) is 1. The molecular weight excluding hydrogens is 270 g/mol. The first-order valence-electron chi connectivity index (χ1n) is 7.13. The topological polar surface area (TPSA) is 70.7 Å². The quantitative estimate of drug-likeness (QED) is 0.796. The van der Waals surface area contributed by atoms with E-state index in [1.54, 1.807) is 11.9 Å². The molecule has 0 radical (unpaired) electrons. The van der Waals surface area contributed by atoms with Gasteiger partial charge in [-0.15, -0.1) is 0 Å². The Morgan fingerprint density at radius 1 is 1.33 bits per heavy atom. The van der Waals surface area contributed by atoms with E-state index in [9.17, 15) is 9.59 Å². The second-order valence-electron chi connectivity index (χ2n) is 5.31. The molecule has 21 heavy (non-hydrogen) atoms. The largest absolute Gasteiger partial charge is 0.372 e. The van der Waals surface area contributed by atoms with E-state index >= 15 is 0 Å². The number of benzene rings is 1. The molecule has 0 bridgehead atoms. The van der Waals surface area contributed by atoms with Gasteiger partial charge in [-0.25, -0.2) is 0 Å². The van der Waals surface area contributed by atoms with Crippen molar-refractivity contribution >= 4 is 11.8 Å². The highest BCUT2D eigenvalue weighted by atomic mass is 16.5. The number of amides is 2. The van der Waals surface area contributed by atoms with Crippen LogP contribution in [0.1, 0.15) is 21.5 Å². The molecule has 2 heterocycles. The molecule has 2 aliphatic rings. The summed E-state index contributed by atoms with van der Waals surface area (Å²) in [5.74, 6) is -0.236. The van der Waals surface area contributed by atoms with E-state index in [-0.39, 0.29) is 11.8 Å². The number of nitrogens with one attached hydrogen (secondary N) is 2. The van der Waals surface area contributed by atoms with E-state index in [0.29, 0.717) is 38.4 Å². The minimum absolute atomic E-state index is 0.0974. The van der Waals surface area contributed by atoms with Crippen LogP contribution in [0.3, 0.4) is 0 Å². The molecule has 3 rings (SSSR count). The number of carbonyl (C=O) groups excluding carboxylic acids is 2. The van der Waals surface area contributed by atoms with Gasteiger partial charge in [0.2, 0.25) is 5.91 Å². The van der Waals surface area contributed by atoms with Gasteiger partial charge in [-0.1, -0.05) is 6.07 Å². The Morgan fingerprint density at radius 2 is 2.14 bits per heavy atom. The van der Waals surface area contributed by atoms with Gasteiger partial charge in [0.05, 0.1) is 13.2 Å². The predicted octanol–water partition coefficient (Wildman–Crippen LogP) is -0.123. The summed E-state index contributed by atoms with van der Waals surface area (Å²) in [5, 5.41) is 5.77. The first-order valence-corrected chi connectivity index (χ1v) is 7.13. The number of likely N-dealkylation sites (N-methyl/N-ethyl adjacent to an activating group) is 1. The zero-order valence-corrected chi connectivity index (χ0v) is 12.0. The van der Waals surface area contributed by atoms with Crippen molar-refractivity contribution in [3.05, 3.63) is 34.9 Å². The van der Waals surface area contributed by atoms with Crippen LogP contribution in [0.25, 0.3) is 0 Å². The third kappa shape index (κ3) is 2.64. The van der Waals surface area contributed by atoms with Crippen LogP contribution in [0.4, 0.5) is 0 Å². The predicted molar refractivity (Wildman–Crippen MR) is 76.7 cm³/mol. The van der Waals surface area contributed by atoms with Gasteiger partial charge in [-0.2, -0.15) is 0 Å². The highest BCUT2D eigenvalue weighted by Gasteiger charge is 2.32. The summed E-state index contributed by atoms with van der Waals surface area (Å²) < 4.78 is 5.37. The zero-order valence-electron chi connectivity index (χ0n) is 12.0. The van der Waals surface area contributed by atoms with Crippen molar-refractivity contribution in [3.8, 4) is 0 Å². The minimum atomic E-state index is -0.458. The lowest BCUT2D eigenvalue weighted by Crippen LogP contribution is -2.59. The van der Waals surface area contributed by atoms with Crippen molar-refractivity contribution in [3.63, 3.8) is 0 Å². The van der Waals surface area contributed by atoms with E-state index in [2.05, 4.69) is 10.6 Å². The molecule has 1 aromatic carbocycles. The molecule has 0 saturated carbocycles. The van der Waals surface area contributed by atoms with Crippen molar-refractivity contribution in [1.82, 2.24) is 15.5 Å². The summed E-state index contributed by atoms with van der Waals surface area (Å²) >= 11 is 0. The van der Waals surface area contributed by atoms with Gasteiger partial charge in [0.25, 0.3) is 5.91 Å². The van der Waals surface area contributed by atoms with Crippen molar-refractivity contribution in [2.75, 3.05) is 26.7 Å². The molecule has 112 valence electrons. The van der Waals surface area contributed by atoms with Crippen LogP contribution in [0.5, 0.6) is 0 Å². The van der Waals surface area contributed by atoms with E-state index in [1.807, 2.05) is 18.2 Å². The van der Waals surface area contributed by atoms with Crippen molar-refractivity contribution in [1.29, 1.82) is 0 Å². The highest BCUT2D eigenvalue weighted by Crippen LogP contribution is 2.22. The molecule has 6 nitrogen and oxygen atoms in total. The maximum atomic E-state index is 12.7. The molecule has 0 spiro atoms. The maximum Gasteiger partial charge on any atom is 0.254 e. The third-order valence-electron chi connectivity index (χ3n) is 4.02. The first kappa shape index (κ1) is 14.0. The molecule has 6 heteroatoms. The lowest BCUT2D eigenvalue weighted by molar-refractivity contribution is -0.125. The Balaban J connectivity index is 1.84. The van der Waals surface area contributed by atoms with Crippen molar-refractivity contribution in [2.24, 2.45) is 0 Å². The Hall–Kier alpha value is -1.92. The standard InChI is InChI=1S/C15H19N3O3/c1-16-14(19)13-7-17-4-5-18(13)15(20)10-2-3-11-8-21-9-12(11)6-10/h2-3,6,13,17H,4-5,7-9H2,1H3,(H,16,19). The summed E-state index contributed by atoms with van der Waals surface area (Å²) in [6.07, 6.45) is 0. The number of fused-ring (bicyclic) bond motifs is 1. The Kier molecular flexibility index (Phi) is 3.90.